The van der Waals surface area contributed by atoms with Gasteiger partial charge in [0.05, 0.1) is 24.7 Å². The molecule has 0 N–H and O–H groups in total. The smallest absolute Gasteiger partial charge is 0.313 e. The molecule has 2 heterocycles. The van der Waals surface area contributed by atoms with Crippen molar-refractivity contribution in [1.29, 1.82) is 0 Å². The number of nitrogens with zero attached hydrogens (tertiary/aromatic N) is 2. The van der Waals surface area contributed by atoms with Crippen molar-refractivity contribution in [3.05, 3.63) is 66.4 Å². The van der Waals surface area contributed by atoms with E-state index in [1.54, 1.807) is 28.8 Å². The van der Waals surface area contributed by atoms with Gasteiger partial charge in [-0.25, -0.2) is 9.86 Å². The molecule has 0 saturated carbocycles. The van der Waals surface area contributed by atoms with Gasteiger partial charge in [-0.2, -0.15) is 0 Å². The number of aromatic nitrogens is 1. The van der Waals surface area contributed by atoms with Gasteiger partial charge in [0.25, 0.3) is 0 Å². The van der Waals surface area contributed by atoms with Crippen LogP contribution >= 0.6 is 0 Å². The van der Waals surface area contributed by atoms with Gasteiger partial charge in [-0.3, -0.25) is 14.2 Å². The van der Waals surface area contributed by atoms with Crippen molar-refractivity contribution in [2.45, 2.75) is 12.5 Å². The van der Waals surface area contributed by atoms with Crippen molar-refractivity contribution in [2.75, 3.05) is 7.11 Å². The first-order chi connectivity index (χ1) is 12.7. The lowest BCUT2D eigenvalue weighted by Crippen LogP contribution is -2.25. The van der Waals surface area contributed by atoms with Crippen LogP contribution in [0.25, 0.3) is 16.7 Å². The lowest BCUT2D eigenvalue weighted by molar-refractivity contribution is -0.143. The van der Waals surface area contributed by atoms with Gasteiger partial charge in [-0.15, -0.1) is 0 Å². The molecule has 2 aromatic carbocycles. The fourth-order valence-electron chi connectivity index (χ4n) is 3.34. The second-order valence-corrected chi connectivity index (χ2v) is 5.90. The molecule has 26 heavy (non-hydrogen) atoms. The van der Waals surface area contributed by atoms with E-state index in [1.165, 1.54) is 12.2 Å². The summed E-state index contributed by atoms with van der Waals surface area (Å²) in [4.78, 5) is 29.4. The quantitative estimate of drug-likeness (QED) is 0.412. The van der Waals surface area contributed by atoms with Gasteiger partial charge in [-0.1, -0.05) is 36.4 Å². The van der Waals surface area contributed by atoms with Crippen LogP contribution in [0.1, 0.15) is 18.2 Å². The minimum atomic E-state index is -0.472. The maximum absolute atomic E-state index is 12.4. The maximum Gasteiger partial charge on any atom is 0.313 e. The number of rotatable bonds is 4. The highest BCUT2D eigenvalue weighted by Crippen LogP contribution is 2.41. The molecule has 6 nitrogen and oxygen atoms in total. The van der Waals surface area contributed by atoms with E-state index in [4.69, 9.17) is 9.57 Å². The molecule has 1 aromatic heterocycles. The number of hydrogen-bond acceptors (Lipinski definition) is 5. The molecular weight excluding hydrogens is 332 g/mol. The highest BCUT2D eigenvalue weighted by Gasteiger charge is 2.38. The molecule has 0 aliphatic carbocycles. The number of carbonyl (C=O) groups is 1. The molecule has 1 aliphatic heterocycles. The van der Waals surface area contributed by atoms with Gasteiger partial charge in [0.1, 0.15) is 11.8 Å². The third-order valence-corrected chi connectivity index (χ3v) is 4.41. The summed E-state index contributed by atoms with van der Waals surface area (Å²) in [7, 11) is 1.46. The molecule has 1 unspecified atom stereocenters. The zero-order valence-corrected chi connectivity index (χ0v) is 14.1. The molecule has 1 atom stereocenters. The Kier molecular flexibility index (Phi) is 4.05. The van der Waals surface area contributed by atoms with Crippen LogP contribution in [0.2, 0.25) is 0 Å². The molecule has 6 heteroatoms. The largest absolute Gasteiger partial charge is 0.426 e. The van der Waals surface area contributed by atoms with Crippen LogP contribution in [0.5, 0.6) is 5.75 Å². The number of benzene rings is 2. The van der Waals surface area contributed by atoms with E-state index in [2.05, 4.69) is 0 Å². The summed E-state index contributed by atoms with van der Waals surface area (Å²) in [5, 5.41) is 2.38. The number of fused-ring (bicyclic) bond motifs is 3. The zero-order chi connectivity index (χ0) is 18.1. The third-order valence-electron chi connectivity index (χ3n) is 4.41. The zero-order valence-electron chi connectivity index (χ0n) is 14.1. The summed E-state index contributed by atoms with van der Waals surface area (Å²) in [5.41, 5.74) is 1.65. The van der Waals surface area contributed by atoms with Crippen LogP contribution in [0.4, 0.5) is 0 Å². The number of hydroxylamine groups is 2. The molecule has 0 radical (unpaired) electrons. The van der Waals surface area contributed by atoms with Gasteiger partial charge >= 0.3 is 5.97 Å². The van der Waals surface area contributed by atoms with Crippen LogP contribution in [0, 0.1) is 0 Å². The second kappa shape index (κ2) is 6.52. The van der Waals surface area contributed by atoms with E-state index in [9.17, 15) is 9.59 Å². The standard InChI is InChI=1S/C20H16N2O4/c1-25-22-18(12-20(24)26-15-8-3-2-4-9-15)17-11-14-7-5-6-10-16(14)21(17)19(22)13-23/h2-11,18H,12H2,1H3. The predicted molar refractivity (Wildman–Crippen MR) is 95.6 cm³/mol. The van der Waals surface area contributed by atoms with E-state index in [0.29, 0.717) is 5.75 Å². The Morgan fingerprint density at radius 3 is 2.58 bits per heavy atom. The molecule has 130 valence electrons. The molecule has 0 saturated heterocycles. The van der Waals surface area contributed by atoms with Crippen LogP contribution in [-0.2, 0) is 14.4 Å². The van der Waals surface area contributed by atoms with Gasteiger partial charge in [-0.05, 0) is 24.3 Å². The first kappa shape index (κ1) is 16.1. The molecule has 1 aliphatic rings. The fourth-order valence-corrected chi connectivity index (χ4v) is 3.34. The van der Waals surface area contributed by atoms with Gasteiger partial charge in [0, 0.05) is 5.39 Å². The monoisotopic (exact) mass is 348 g/mol. The Balaban J connectivity index is 1.69. The van der Waals surface area contributed by atoms with Crippen molar-refractivity contribution < 1.29 is 19.2 Å². The minimum Gasteiger partial charge on any atom is -0.426 e. The molecule has 0 spiro atoms. The summed E-state index contributed by atoms with van der Waals surface area (Å²) in [5.74, 6) is 2.22. The number of carbonyl (C=O) groups excluding carboxylic acids is 2. The first-order valence-corrected chi connectivity index (χ1v) is 8.18. The Labute approximate surface area is 149 Å². The Morgan fingerprint density at radius 2 is 1.85 bits per heavy atom. The lowest BCUT2D eigenvalue weighted by atomic mass is 10.1. The number of para-hydroxylation sites is 2. The predicted octanol–water partition coefficient (Wildman–Crippen LogP) is 3.19. The Hall–Kier alpha value is -3.34. The van der Waals surface area contributed by atoms with E-state index < -0.39 is 12.0 Å². The van der Waals surface area contributed by atoms with E-state index >= 15 is 0 Å². The van der Waals surface area contributed by atoms with Crippen LogP contribution in [0.15, 0.2) is 60.7 Å². The molecule has 3 aromatic rings. The van der Waals surface area contributed by atoms with Gasteiger partial charge in [0.15, 0.2) is 5.94 Å². The van der Waals surface area contributed by atoms with Crippen molar-refractivity contribution in [3.8, 4) is 5.75 Å². The van der Waals surface area contributed by atoms with Gasteiger partial charge in [0.2, 0.25) is 5.82 Å². The summed E-state index contributed by atoms with van der Waals surface area (Å²) >= 11 is 0. The highest BCUT2D eigenvalue weighted by molar-refractivity contribution is 5.91. The summed E-state index contributed by atoms with van der Waals surface area (Å²) in [6.45, 7) is 0. The molecule has 0 amide bonds. The normalized spacial score (nSPS) is 15.8. The maximum atomic E-state index is 12.4. The molecule has 4 rings (SSSR count). The summed E-state index contributed by atoms with van der Waals surface area (Å²) in [6.07, 6.45) is 0.0320. The third kappa shape index (κ3) is 2.58. The highest BCUT2D eigenvalue weighted by atomic mass is 16.7. The van der Waals surface area contributed by atoms with Crippen molar-refractivity contribution >= 4 is 28.6 Å². The van der Waals surface area contributed by atoms with E-state index in [0.717, 1.165) is 16.6 Å². The first-order valence-electron chi connectivity index (χ1n) is 8.18. The number of hydrogen-bond donors (Lipinski definition) is 0. The number of ether oxygens (including phenoxy) is 1. The lowest BCUT2D eigenvalue weighted by Gasteiger charge is -2.22. The average Bonchev–Trinajstić information content (AvgIpc) is 3.17. The summed E-state index contributed by atoms with van der Waals surface area (Å²) < 4.78 is 7.16. The fraction of sp³-hybridized carbons (Fsp3) is 0.150. The minimum absolute atomic E-state index is 0.0320. The molecule has 0 bridgehead atoms. The van der Waals surface area contributed by atoms with E-state index in [-0.39, 0.29) is 12.2 Å². The van der Waals surface area contributed by atoms with Crippen molar-refractivity contribution in [3.63, 3.8) is 0 Å². The van der Waals surface area contributed by atoms with Crippen molar-refractivity contribution in [1.82, 2.24) is 9.63 Å². The number of esters is 1. The average molecular weight is 348 g/mol. The van der Waals surface area contributed by atoms with Gasteiger partial charge < -0.3 is 4.74 Å². The SMILES string of the molecule is CON1C(=C=O)n2c(cc3ccccc32)C1CC(=O)Oc1ccccc1. The Morgan fingerprint density at radius 1 is 1.12 bits per heavy atom. The topological polar surface area (TPSA) is 60.8 Å². The molecule has 0 fully saturated rings. The second-order valence-electron chi connectivity index (χ2n) is 5.90. The molecular formula is C20H16N2O4. The van der Waals surface area contributed by atoms with Crippen LogP contribution < -0.4 is 4.74 Å². The van der Waals surface area contributed by atoms with Crippen LogP contribution in [0.3, 0.4) is 0 Å². The summed E-state index contributed by atoms with van der Waals surface area (Å²) in [6, 6.07) is 18.0. The van der Waals surface area contributed by atoms with Crippen molar-refractivity contribution in [2.24, 2.45) is 0 Å². The van der Waals surface area contributed by atoms with Crippen LogP contribution in [-0.4, -0.2) is 28.7 Å². The van der Waals surface area contributed by atoms with E-state index in [1.807, 2.05) is 42.3 Å². The Bertz CT molecular complexity index is 1020.